The Bertz CT molecular complexity index is 314. The minimum atomic E-state index is -0.451. The zero-order valence-corrected chi connectivity index (χ0v) is 6.26. The summed E-state index contributed by atoms with van der Waals surface area (Å²) < 4.78 is 0. The van der Waals surface area contributed by atoms with Crippen molar-refractivity contribution >= 4 is 5.91 Å². The van der Waals surface area contributed by atoms with Crippen LogP contribution in [0.25, 0.3) is 0 Å². The number of aromatic nitrogens is 3. The van der Waals surface area contributed by atoms with Gasteiger partial charge in [-0.3, -0.25) is 9.78 Å². The summed E-state index contributed by atoms with van der Waals surface area (Å²) in [5, 5.41) is 8.48. The van der Waals surface area contributed by atoms with Gasteiger partial charge in [-0.25, -0.2) is 9.89 Å². The van der Waals surface area contributed by atoms with Crippen LogP contribution in [-0.4, -0.2) is 27.6 Å². The minimum Gasteiger partial charge on any atom is -0.369 e. The minimum absolute atomic E-state index is 0.0644. The highest BCUT2D eigenvalue weighted by molar-refractivity contribution is 5.75. The summed E-state index contributed by atoms with van der Waals surface area (Å²) in [7, 11) is 0. The third-order valence-corrected chi connectivity index (χ3v) is 1.14. The van der Waals surface area contributed by atoms with Crippen molar-refractivity contribution in [3.8, 4) is 0 Å². The quantitative estimate of drug-likeness (QED) is 0.406. The fourth-order valence-electron chi connectivity index (χ4n) is 0.693. The van der Waals surface area contributed by atoms with Gasteiger partial charge in [-0.15, -0.1) is 0 Å². The molecule has 7 nitrogen and oxygen atoms in total. The first-order valence-electron chi connectivity index (χ1n) is 3.31. The summed E-state index contributed by atoms with van der Waals surface area (Å²) in [6.07, 6.45) is 0. The van der Waals surface area contributed by atoms with Crippen LogP contribution in [0.3, 0.4) is 0 Å². The molecule has 0 fully saturated rings. The number of carbonyl (C=O) groups is 1. The van der Waals surface area contributed by atoms with Gasteiger partial charge in [0, 0.05) is 0 Å². The number of H-pyrrole nitrogens is 2. The highest BCUT2D eigenvalue weighted by Gasteiger charge is 1.97. The lowest BCUT2D eigenvalue weighted by Crippen LogP contribution is -2.28. The van der Waals surface area contributed by atoms with E-state index in [2.05, 4.69) is 20.5 Å². The molecule has 0 aromatic carbocycles. The van der Waals surface area contributed by atoms with Gasteiger partial charge in [0.15, 0.2) is 0 Å². The van der Waals surface area contributed by atoms with Gasteiger partial charge in [0.05, 0.1) is 13.1 Å². The van der Waals surface area contributed by atoms with E-state index in [1.807, 2.05) is 0 Å². The normalized spacial score (nSPS) is 10.0. The Hall–Kier alpha value is -1.63. The molecule has 0 saturated carbocycles. The lowest BCUT2D eigenvalue weighted by atomic mass is 10.5. The number of rotatable bonds is 4. The molecule has 0 radical (unpaired) electrons. The molecule has 1 aromatic heterocycles. The molecule has 1 heterocycles. The fraction of sp³-hybridized carbons (Fsp3) is 0.400. The van der Waals surface area contributed by atoms with Crippen LogP contribution in [0.2, 0.25) is 0 Å². The Balaban J connectivity index is 2.33. The fourth-order valence-corrected chi connectivity index (χ4v) is 0.693. The molecule has 5 N–H and O–H groups in total. The van der Waals surface area contributed by atoms with Gasteiger partial charge >= 0.3 is 5.69 Å². The van der Waals surface area contributed by atoms with E-state index in [-0.39, 0.29) is 12.2 Å². The summed E-state index contributed by atoms with van der Waals surface area (Å²) in [5.74, 6) is -0.00543. The molecular formula is C5H9N5O2. The van der Waals surface area contributed by atoms with Crippen LogP contribution in [0, 0.1) is 0 Å². The zero-order chi connectivity index (χ0) is 8.97. The first-order valence-corrected chi connectivity index (χ1v) is 3.31. The Kier molecular flexibility index (Phi) is 2.59. The molecule has 66 valence electrons. The summed E-state index contributed by atoms with van der Waals surface area (Å²) in [6.45, 7) is 0.372. The summed E-state index contributed by atoms with van der Waals surface area (Å²) >= 11 is 0. The molecule has 1 aromatic rings. The van der Waals surface area contributed by atoms with Crippen molar-refractivity contribution in [2.45, 2.75) is 6.54 Å². The van der Waals surface area contributed by atoms with Crippen molar-refractivity contribution in [3.05, 3.63) is 16.3 Å². The predicted molar refractivity (Wildman–Crippen MR) is 40.1 cm³/mol. The second-order valence-electron chi connectivity index (χ2n) is 2.19. The summed E-state index contributed by atoms with van der Waals surface area (Å²) in [5.41, 5.74) is 4.49. The van der Waals surface area contributed by atoms with Crippen molar-refractivity contribution in [3.63, 3.8) is 0 Å². The highest BCUT2D eigenvalue weighted by Crippen LogP contribution is 1.78. The van der Waals surface area contributed by atoms with E-state index < -0.39 is 5.91 Å². The van der Waals surface area contributed by atoms with Crippen LogP contribution in [0.15, 0.2) is 4.79 Å². The van der Waals surface area contributed by atoms with E-state index in [0.717, 1.165) is 0 Å². The van der Waals surface area contributed by atoms with E-state index in [0.29, 0.717) is 12.4 Å². The maximum absolute atomic E-state index is 10.5. The van der Waals surface area contributed by atoms with Crippen LogP contribution in [0.4, 0.5) is 0 Å². The standard InChI is InChI=1S/C5H9N5O2/c6-3(11)1-7-2-4-8-5(12)10-9-4/h7H,1-2H2,(H2,6,11)(H2,8,9,10,12). The number of amides is 1. The second kappa shape index (κ2) is 3.67. The molecular weight excluding hydrogens is 162 g/mol. The lowest BCUT2D eigenvalue weighted by Gasteiger charge is -1.96. The first-order chi connectivity index (χ1) is 5.68. The Morgan fingerprint density at radius 1 is 1.67 bits per heavy atom. The highest BCUT2D eigenvalue weighted by atomic mass is 16.1. The van der Waals surface area contributed by atoms with Crippen molar-refractivity contribution in [2.75, 3.05) is 6.54 Å². The molecule has 12 heavy (non-hydrogen) atoms. The maximum atomic E-state index is 10.5. The molecule has 0 spiro atoms. The number of nitrogens with two attached hydrogens (primary N) is 1. The Labute approximate surface area is 67.4 Å². The van der Waals surface area contributed by atoms with E-state index in [9.17, 15) is 9.59 Å². The number of nitrogens with zero attached hydrogens (tertiary/aromatic N) is 1. The van der Waals surface area contributed by atoms with Crippen molar-refractivity contribution < 1.29 is 4.79 Å². The number of aromatic amines is 2. The molecule has 0 bridgehead atoms. The molecule has 0 aliphatic rings. The third kappa shape index (κ3) is 2.54. The molecule has 0 aliphatic heterocycles. The Morgan fingerprint density at radius 2 is 2.42 bits per heavy atom. The van der Waals surface area contributed by atoms with Crippen LogP contribution in [0.1, 0.15) is 5.82 Å². The van der Waals surface area contributed by atoms with Crippen LogP contribution in [-0.2, 0) is 11.3 Å². The monoisotopic (exact) mass is 171 g/mol. The van der Waals surface area contributed by atoms with E-state index in [1.54, 1.807) is 0 Å². The molecule has 0 unspecified atom stereocenters. The van der Waals surface area contributed by atoms with Crippen molar-refractivity contribution in [2.24, 2.45) is 5.73 Å². The van der Waals surface area contributed by atoms with E-state index in [4.69, 9.17) is 5.73 Å². The predicted octanol–water partition coefficient (Wildman–Crippen LogP) is -2.33. The second-order valence-corrected chi connectivity index (χ2v) is 2.19. The number of primary amides is 1. The number of hydrogen-bond donors (Lipinski definition) is 4. The average molecular weight is 171 g/mol. The molecule has 0 atom stereocenters. The van der Waals surface area contributed by atoms with E-state index in [1.165, 1.54) is 0 Å². The average Bonchev–Trinajstić information content (AvgIpc) is 2.35. The van der Waals surface area contributed by atoms with Gasteiger partial charge in [-0.1, -0.05) is 0 Å². The number of hydrogen-bond acceptors (Lipinski definition) is 4. The SMILES string of the molecule is NC(=O)CNCc1n[nH]c(=O)[nH]1. The largest absolute Gasteiger partial charge is 0.369 e. The van der Waals surface area contributed by atoms with E-state index >= 15 is 0 Å². The topological polar surface area (TPSA) is 117 Å². The lowest BCUT2D eigenvalue weighted by molar-refractivity contribution is -0.117. The smallest absolute Gasteiger partial charge is 0.340 e. The molecule has 0 saturated heterocycles. The zero-order valence-electron chi connectivity index (χ0n) is 6.26. The van der Waals surface area contributed by atoms with Crippen molar-refractivity contribution in [1.29, 1.82) is 0 Å². The van der Waals surface area contributed by atoms with Gasteiger partial charge in [0.2, 0.25) is 5.91 Å². The number of carbonyl (C=O) groups excluding carboxylic acids is 1. The van der Waals surface area contributed by atoms with Crippen molar-refractivity contribution in [1.82, 2.24) is 20.5 Å². The van der Waals surface area contributed by atoms with Crippen LogP contribution in [0.5, 0.6) is 0 Å². The summed E-state index contributed by atoms with van der Waals surface area (Å²) in [6, 6.07) is 0. The number of nitrogens with one attached hydrogen (secondary N) is 3. The molecule has 0 aliphatic carbocycles. The van der Waals surface area contributed by atoms with Crippen LogP contribution < -0.4 is 16.7 Å². The first kappa shape index (κ1) is 8.47. The van der Waals surface area contributed by atoms with Gasteiger partial charge in [0.25, 0.3) is 0 Å². The molecule has 1 amide bonds. The van der Waals surface area contributed by atoms with Gasteiger partial charge in [-0.2, -0.15) is 5.10 Å². The van der Waals surface area contributed by atoms with Gasteiger partial charge in [0.1, 0.15) is 5.82 Å². The van der Waals surface area contributed by atoms with Gasteiger partial charge in [-0.05, 0) is 0 Å². The van der Waals surface area contributed by atoms with Gasteiger partial charge < -0.3 is 11.1 Å². The molecule has 7 heteroatoms. The third-order valence-electron chi connectivity index (χ3n) is 1.14. The summed E-state index contributed by atoms with van der Waals surface area (Å²) in [4.78, 5) is 23.2. The molecule has 1 rings (SSSR count). The Morgan fingerprint density at radius 3 is 2.92 bits per heavy atom. The maximum Gasteiger partial charge on any atom is 0.340 e. The van der Waals surface area contributed by atoms with Crippen LogP contribution >= 0.6 is 0 Å².